The number of hydrogen-bond acceptors (Lipinski definition) is 6. The molecule has 6 nitrogen and oxygen atoms in total. The molecule has 0 aliphatic rings. The summed E-state index contributed by atoms with van der Waals surface area (Å²) in [5.74, 6) is 0.645. The van der Waals surface area contributed by atoms with E-state index in [1.165, 1.54) is 22.2 Å². The van der Waals surface area contributed by atoms with Crippen molar-refractivity contribution in [1.82, 2.24) is 19.7 Å². The Morgan fingerprint density at radius 1 is 1.28 bits per heavy atom. The molecular formula is C17H21N5OS2. The number of aryl methyl sites for hydroxylation is 2. The minimum Gasteiger partial charge on any atom is -0.310 e. The van der Waals surface area contributed by atoms with Gasteiger partial charge in [-0.25, -0.2) is 14.6 Å². The summed E-state index contributed by atoms with van der Waals surface area (Å²) in [6, 6.07) is 2.00. The zero-order valence-electron chi connectivity index (χ0n) is 14.9. The Labute approximate surface area is 155 Å². The Morgan fingerprint density at radius 2 is 2.04 bits per heavy atom. The van der Waals surface area contributed by atoms with E-state index < -0.39 is 0 Å². The second-order valence-electron chi connectivity index (χ2n) is 6.15. The van der Waals surface area contributed by atoms with Crippen LogP contribution < -0.4 is 5.32 Å². The van der Waals surface area contributed by atoms with Crippen LogP contribution >= 0.6 is 23.1 Å². The third-order valence-electron chi connectivity index (χ3n) is 4.00. The standard InChI is InChI=1S/C17H21N5OS2/c1-9(2)22-13(6-7-20-22)21-15(23)12(5)25-17-14-10(3)11(4)24-16(14)18-8-19-17/h6-9,12H,1-5H3,(H,21,23)/t12-/m1/s1. The maximum atomic E-state index is 12.6. The van der Waals surface area contributed by atoms with E-state index in [0.29, 0.717) is 5.82 Å². The normalized spacial score (nSPS) is 12.7. The van der Waals surface area contributed by atoms with Gasteiger partial charge in [-0.2, -0.15) is 5.10 Å². The number of anilines is 1. The second kappa shape index (κ2) is 7.13. The van der Waals surface area contributed by atoms with E-state index in [4.69, 9.17) is 0 Å². The van der Waals surface area contributed by atoms with Crippen LogP contribution in [0, 0.1) is 13.8 Å². The van der Waals surface area contributed by atoms with Crippen molar-refractivity contribution in [3.8, 4) is 0 Å². The monoisotopic (exact) mass is 375 g/mol. The predicted octanol–water partition coefficient (Wildman–Crippen LogP) is 4.20. The smallest absolute Gasteiger partial charge is 0.238 e. The van der Waals surface area contributed by atoms with Crippen molar-refractivity contribution in [3.05, 3.63) is 29.0 Å². The van der Waals surface area contributed by atoms with E-state index in [0.717, 1.165) is 15.2 Å². The molecule has 0 aliphatic carbocycles. The van der Waals surface area contributed by atoms with Gasteiger partial charge in [-0.1, -0.05) is 11.8 Å². The third kappa shape index (κ3) is 3.55. The highest BCUT2D eigenvalue weighted by Gasteiger charge is 2.20. The lowest BCUT2D eigenvalue weighted by molar-refractivity contribution is -0.115. The van der Waals surface area contributed by atoms with Gasteiger partial charge in [0.05, 0.1) is 11.4 Å². The molecule has 0 radical (unpaired) electrons. The molecule has 8 heteroatoms. The fourth-order valence-corrected chi connectivity index (χ4v) is 4.55. The zero-order valence-corrected chi connectivity index (χ0v) is 16.5. The first-order valence-corrected chi connectivity index (χ1v) is 9.79. The number of carbonyl (C=O) groups is 1. The highest BCUT2D eigenvalue weighted by atomic mass is 32.2. The molecular weight excluding hydrogens is 354 g/mol. The largest absolute Gasteiger partial charge is 0.310 e. The molecule has 1 atom stereocenters. The maximum absolute atomic E-state index is 12.6. The number of thiophene rings is 1. The summed E-state index contributed by atoms with van der Waals surface area (Å²) in [7, 11) is 0. The Morgan fingerprint density at radius 3 is 2.76 bits per heavy atom. The molecule has 0 unspecified atom stereocenters. The molecule has 1 N–H and O–H groups in total. The Hall–Kier alpha value is -1.93. The molecule has 0 bridgehead atoms. The molecule has 3 heterocycles. The summed E-state index contributed by atoms with van der Waals surface area (Å²) in [6.45, 7) is 10.1. The number of hydrogen-bond donors (Lipinski definition) is 1. The van der Waals surface area contributed by atoms with Crippen LogP contribution in [0.5, 0.6) is 0 Å². The fourth-order valence-electron chi connectivity index (χ4n) is 2.51. The van der Waals surface area contributed by atoms with Gasteiger partial charge in [-0.05, 0) is 40.2 Å². The summed E-state index contributed by atoms with van der Waals surface area (Å²) in [5, 5.41) is 8.83. The first-order chi connectivity index (χ1) is 11.9. The molecule has 0 aromatic carbocycles. The summed E-state index contributed by atoms with van der Waals surface area (Å²) >= 11 is 3.12. The molecule has 0 fully saturated rings. The quantitative estimate of drug-likeness (QED) is 0.534. The third-order valence-corrected chi connectivity index (χ3v) is 6.21. The van der Waals surface area contributed by atoms with Gasteiger partial charge in [0.25, 0.3) is 0 Å². The molecule has 0 saturated heterocycles. The molecule has 3 aromatic rings. The zero-order chi connectivity index (χ0) is 18.1. The second-order valence-corrected chi connectivity index (χ2v) is 8.68. The molecule has 132 valence electrons. The van der Waals surface area contributed by atoms with Gasteiger partial charge >= 0.3 is 0 Å². The van der Waals surface area contributed by atoms with Crippen LogP contribution in [0.3, 0.4) is 0 Å². The van der Waals surface area contributed by atoms with Crippen molar-refractivity contribution in [3.63, 3.8) is 0 Å². The number of thioether (sulfide) groups is 1. The summed E-state index contributed by atoms with van der Waals surface area (Å²) < 4.78 is 1.80. The number of nitrogens with one attached hydrogen (secondary N) is 1. The fraction of sp³-hybridized carbons (Fsp3) is 0.412. The van der Waals surface area contributed by atoms with Crippen molar-refractivity contribution in [2.45, 2.75) is 50.9 Å². The van der Waals surface area contributed by atoms with Crippen LogP contribution in [0.25, 0.3) is 10.2 Å². The van der Waals surface area contributed by atoms with Gasteiger partial charge in [-0.3, -0.25) is 4.79 Å². The summed E-state index contributed by atoms with van der Waals surface area (Å²) in [5.41, 5.74) is 1.19. The topological polar surface area (TPSA) is 72.7 Å². The molecule has 25 heavy (non-hydrogen) atoms. The average Bonchev–Trinajstić information content (AvgIpc) is 3.13. The molecule has 0 aliphatic heterocycles. The average molecular weight is 376 g/mol. The molecule has 1 amide bonds. The first-order valence-electron chi connectivity index (χ1n) is 8.10. The number of rotatable bonds is 5. The Balaban J connectivity index is 1.79. The van der Waals surface area contributed by atoms with Gasteiger partial charge in [0.15, 0.2) is 0 Å². The van der Waals surface area contributed by atoms with Crippen LogP contribution in [-0.2, 0) is 4.79 Å². The van der Waals surface area contributed by atoms with Crippen molar-refractivity contribution < 1.29 is 4.79 Å². The van der Waals surface area contributed by atoms with Gasteiger partial charge in [0, 0.05) is 22.4 Å². The van der Waals surface area contributed by atoms with Crippen LogP contribution in [0.15, 0.2) is 23.6 Å². The lowest BCUT2D eigenvalue weighted by Crippen LogP contribution is -2.24. The van der Waals surface area contributed by atoms with Gasteiger partial charge in [-0.15, -0.1) is 11.3 Å². The van der Waals surface area contributed by atoms with Gasteiger partial charge in [0.1, 0.15) is 22.0 Å². The number of aromatic nitrogens is 4. The predicted molar refractivity (Wildman–Crippen MR) is 103 cm³/mol. The minimum atomic E-state index is -0.284. The minimum absolute atomic E-state index is 0.0660. The van der Waals surface area contributed by atoms with E-state index in [1.54, 1.807) is 28.5 Å². The van der Waals surface area contributed by atoms with Crippen LogP contribution in [0.2, 0.25) is 0 Å². The number of amides is 1. The van der Waals surface area contributed by atoms with Crippen LogP contribution in [0.1, 0.15) is 37.3 Å². The van der Waals surface area contributed by atoms with E-state index in [9.17, 15) is 4.79 Å². The summed E-state index contributed by atoms with van der Waals surface area (Å²) in [6.07, 6.45) is 3.26. The number of nitrogens with zero attached hydrogens (tertiary/aromatic N) is 4. The lowest BCUT2D eigenvalue weighted by atomic mass is 10.2. The molecule has 0 spiro atoms. The lowest BCUT2D eigenvalue weighted by Gasteiger charge is -2.15. The highest BCUT2D eigenvalue weighted by molar-refractivity contribution is 8.00. The Bertz CT molecular complexity index is 915. The van der Waals surface area contributed by atoms with E-state index in [1.807, 2.05) is 26.8 Å². The Kier molecular flexibility index (Phi) is 5.10. The van der Waals surface area contributed by atoms with Crippen molar-refractivity contribution in [1.29, 1.82) is 0 Å². The number of fused-ring (bicyclic) bond motifs is 1. The van der Waals surface area contributed by atoms with Crippen molar-refractivity contribution in [2.75, 3.05) is 5.32 Å². The molecule has 3 aromatic heterocycles. The van der Waals surface area contributed by atoms with Crippen molar-refractivity contribution >= 4 is 45.0 Å². The first kappa shape index (κ1) is 17.9. The van der Waals surface area contributed by atoms with Crippen LogP contribution in [-0.4, -0.2) is 30.9 Å². The maximum Gasteiger partial charge on any atom is 0.238 e. The summed E-state index contributed by atoms with van der Waals surface area (Å²) in [4.78, 5) is 23.6. The van der Waals surface area contributed by atoms with Gasteiger partial charge in [0.2, 0.25) is 5.91 Å². The van der Waals surface area contributed by atoms with Crippen LogP contribution in [0.4, 0.5) is 5.82 Å². The number of carbonyl (C=O) groups excluding carboxylic acids is 1. The SMILES string of the molecule is Cc1sc2ncnc(S[C@H](C)C(=O)Nc3ccnn3C(C)C)c2c1C. The van der Waals surface area contributed by atoms with E-state index >= 15 is 0 Å². The highest BCUT2D eigenvalue weighted by Crippen LogP contribution is 2.36. The van der Waals surface area contributed by atoms with E-state index in [-0.39, 0.29) is 17.2 Å². The molecule has 3 rings (SSSR count). The molecule has 0 saturated carbocycles. The van der Waals surface area contributed by atoms with Gasteiger partial charge < -0.3 is 5.32 Å². The van der Waals surface area contributed by atoms with Crippen molar-refractivity contribution in [2.24, 2.45) is 0 Å². The van der Waals surface area contributed by atoms with E-state index in [2.05, 4.69) is 34.2 Å².